The van der Waals surface area contributed by atoms with E-state index in [1.165, 1.54) is 5.56 Å². The first-order valence-electron chi connectivity index (χ1n) is 14.3. The number of benzene rings is 4. The lowest BCUT2D eigenvalue weighted by molar-refractivity contribution is -0.136. The maximum absolute atomic E-state index is 13.0. The Morgan fingerprint density at radius 1 is 0.837 bits per heavy atom. The summed E-state index contributed by atoms with van der Waals surface area (Å²) < 4.78 is 11.9. The zero-order valence-electron chi connectivity index (χ0n) is 24.1. The van der Waals surface area contributed by atoms with Crippen LogP contribution in [0.25, 0.3) is 11.5 Å². The topological polar surface area (TPSA) is 102 Å². The fraction of sp³-hybridized carbons (Fsp3) is 0.194. The van der Waals surface area contributed by atoms with E-state index in [1.807, 2.05) is 97.9 Å². The van der Waals surface area contributed by atoms with Gasteiger partial charge in [-0.25, -0.2) is 4.98 Å². The SMILES string of the molecule is Cc1oc(-c2ccccc2)nc1CCOc1ccc(CCC(=O)O)c(CNC(=O)c2ccc(Cc3ccccc3)cc2)c1. The number of nitrogens with one attached hydrogen (secondary N) is 1. The van der Waals surface area contributed by atoms with Crippen molar-refractivity contribution in [3.05, 3.63) is 142 Å². The van der Waals surface area contributed by atoms with Crippen LogP contribution in [-0.2, 0) is 30.6 Å². The average Bonchev–Trinajstić information content (AvgIpc) is 3.40. The highest BCUT2D eigenvalue weighted by Gasteiger charge is 2.13. The molecule has 0 saturated carbocycles. The number of carboxylic acids is 1. The van der Waals surface area contributed by atoms with Crippen LogP contribution in [0.2, 0.25) is 0 Å². The van der Waals surface area contributed by atoms with Gasteiger partial charge < -0.3 is 19.6 Å². The molecule has 5 rings (SSSR count). The van der Waals surface area contributed by atoms with E-state index >= 15 is 0 Å². The van der Waals surface area contributed by atoms with E-state index < -0.39 is 5.97 Å². The molecule has 0 spiro atoms. The first-order chi connectivity index (χ1) is 20.9. The van der Waals surface area contributed by atoms with E-state index in [9.17, 15) is 14.7 Å². The Bertz CT molecular complexity index is 1660. The molecule has 1 heterocycles. The summed E-state index contributed by atoms with van der Waals surface area (Å²) in [6.07, 6.45) is 1.72. The second kappa shape index (κ2) is 14.1. The van der Waals surface area contributed by atoms with Crippen LogP contribution in [-0.4, -0.2) is 28.6 Å². The van der Waals surface area contributed by atoms with Gasteiger partial charge in [0.25, 0.3) is 5.91 Å². The molecule has 0 aliphatic heterocycles. The van der Waals surface area contributed by atoms with Crippen molar-refractivity contribution < 1.29 is 23.8 Å². The van der Waals surface area contributed by atoms with Crippen LogP contribution >= 0.6 is 0 Å². The molecule has 0 radical (unpaired) electrons. The van der Waals surface area contributed by atoms with Crippen LogP contribution in [0, 0.1) is 6.92 Å². The summed E-state index contributed by atoms with van der Waals surface area (Å²) in [6.45, 7) is 2.53. The summed E-state index contributed by atoms with van der Waals surface area (Å²) in [6, 6.07) is 33.1. The first kappa shape index (κ1) is 29.3. The van der Waals surface area contributed by atoms with Crippen LogP contribution in [0.4, 0.5) is 0 Å². The molecular weight excluding hydrogens is 540 g/mol. The normalized spacial score (nSPS) is 10.8. The number of oxazole rings is 1. The van der Waals surface area contributed by atoms with Gasteiger partial charge in [-0.3, -0.25) is 9.59 Å². The number of hydrogen-bond donors (Lipinski definition) is 2. The standard InChI is InChI=1S/C36H34N2O5/c1-25-33(38-36(43-25)30-10-6-3-7-11-30)20-21-42-32-18-16-28(17-19-34(39)40)31(23-32)24-37-35(41)29-14-12-27(13-15-29)22-26-8-4-2-5-9-26/h2-16,18,23H,17,19-22,24H2,1H3,(H,37,41)(H,39,40). The van der Waals surface area contributed by atoms with Gasteiger partial charge in [0.1, 0.15) is 11.5 Å². The van der Waals surface area contributed by atoms with Crippen LogP contribution in [0.3, 0.4) is 0 Å². The minimum absolute atomic E-state index is 0.000784. The Hall–Kier alpha value is -5.17. The first-order valence-corrected chi connectivity index (χ1v) is 14.3. The third-order valence-electron chi connectivity index (χ3n) is 7.21. The molecule has 0 atom stereocenters. The Morgan fingerprint density at radius 2 is 1.53 bits per heavy atom. The quantitative estimate of drug-likeness (QED) is 0.160. The number of carbonyl (C=O) groups excluding carboxylic acids is 1. The van der Waals surface area contributed by atoms with Crippen molar-refractivity contribution in [3.8, 4) is 17.2 Å². The summed E-state index contributed by atoms with van der Waals surface area (Å²) in [7, 11) is 0. The third-order valence-corrected chi connectivity index (χ3v) is 7.21. The minimum atomic E-state index is -0.872. The van der Waals surface area contributed by atoms with E-state index in [0.717, 1.165) is 40.1 Å². The van der Waals surface area contributed by atoms with E-state index in [4.69, 9.17) is 9.15 Å². The van der Waals surface area contributed by atoms with Crippen molar-refractivity contribution >= 4 is 11.9 Å². The number of aryl methyl sites for hydroxylation is 2. The fourth-order valence-corrected chi connectivity index (χ4v) is 4.85. The lowest BCUT2D eigenvalue weighted by Crippen LogP contribution is -2.23. The molecular formula is C36H34N2O5. The maximum atomic E-state index is 13.0. The summed E-state index contributed by atoms with van der Waals surface area (Å²) in [5.74, 6) is 0.905. The summed E-state index contributed by atoms with van der Waals surface area (Å²) >= 11 is 0. The Morgan fingerprint density at radius 3 is 2.26 bits per heavy atom. The molecule has 0 aliphatic carbocycles. The van der Waals surface area contributed by atoms with Gasteiger partial charge in [-0.1, -0.05) is 66.7 Å². The highest BCUT2D eigenvalue weighted by atomic mass is 16.5. The largest absolute Gasteiger partial charge is 0.493 e. The molecule has 0 unspecified atom stereocenters. The zero-order chi connectivity index (χ0) is 30.0. The van der Waals surface area contributed by atoms with E-state index in [0.29, 0.717) is 36.7 Å². The summed E-state index contributed by atoms with van der Waals surface area (Å²) in [5, 5.41) is 12.2. The van der Waals surface area contributed by atoms with Gasteiger partial charge in [-0.15, -0.1) is 0 Å². The molecule has 0 bridgehead atoms. The molecule has 7 nitrogen and oxygen atoms in total. The summed E-state index contributed by atoms with van der Waals surface area (Å²) in [4.78, 5) is 28.8. The molecule has 0 aliphatic rings. The fourth-order valence-electron chi connectivity index (χ4n) is 4.85. The molecule has 0 fully saturated rings. The predicted octanol–water partition coefficient (Wildman–Crippen LogP) is 6.81. The summed E-state index contributed by atoms with van der Waals surface area (Å²) in [5.41, 5.74) is 6.33. The highest BCUT2D eigenvalue weighted by molar-refractivity contribution is 5.94. The van der Waals surface area contributed by atoms with Crippen molar-refractivity contribution in [1.29, 1.82) is 0 Å². The number of rotatable bonds is 13. The maximum Gasteiger partial charge on any atom is 0.303 e. The number of hydrogen-bond acceptors (Lipinski definition) is 5. The average molecular weight is 575 g/mol. The van der Waals surface area contributed by atoms with Crippen molar-refractivity contribution in [2.24, 2.45) is 0 Å². The van der Waals surface area contributed by atoms with Gasteiger partial charge in [0, 0.05) is 30.5 Å². The second-order valence-corrected chi connectivity index (χ2v) is 10.4. The number of aliphatic carboxylic acids is 1. The van der Waals surface area contributed by atoms with Crippen molar-refractivity contribution in [2.45, 2.75) is 39.2 Å². The smallest absolute Gasteiger partial charge is 0.303 e. The lowest BCUT2D eigenvalue weighted by atomic mass is 10.0. The van der Waals surface area contributed by atoms with Gasteiger partial charge >= 0.3 is 5.97 Å². The molecule has 7 heteroatoms. The number of carboxylic acid groups (broad SMARTS) is 1. The van der Waals surface area contributed by atoms with Crippen molar-refractivity contribution in [2.75, 3.05) is 6.61 Å². The Labute approximate surface area is 251 Å². The predicted molar refractivity (Wildman–Crippen MR) is 165 cm³/mol. The number of carbonyl (C=O) groups is 2. The number of ether oxygens (including phenoxy) is 1. The molecule has 1 amide bonds. The van der Waals surface area contributed by atoms with Crippen LogP contribution in [0.5, 0.6) is 5.75 Å². The van der Waals surface area contributed by atoms with Gasteiger partial charge in [-0.05, 0) is 78.4 Å². The van der Waals surface area contributed by atoms with Crippen molar-refractivity contribution in [3.63, 3.8) is 0 Å². The third kappa shape index (κ3) is 8.20. The minimum Gasteiger partial charge on any atom is -0.493 e. The molecule has 1 aromatic heterocycles. The number of aromatic nitrogens is 1. The van der Waals surface area contributed by atoms with E-state index in [1.54, 1.807) is 0 Å². The number of amides is 1. The molecule has 0 saturated heterocycles. The highest BCUT2D eigenvalue weighted by Crippen LogP contribution is 2.23. The van der Waals surface area contributed by atoms with E-state index in [-0.39, 0.29) is 18.9 Å². The monoisotopic (exact) mass is 574 g/mol. The van der Waals surface area contributed by atoms with Crippen LogP contribution in [0.15, 0.2) is 108 Å². The van der Waals surface area contributed by atoms with E-state index in [2.05, 4.69) is 22.4 Å². The van der Waals surface area contributed by atoms with Gasteiger partial charge in [0.2, 0.25) is 5.89 Å². The molecule has 43 heavy (non-hydrogen) atoms. The van der Waals surface area contributed by atoms with Crippen LogP contribution < -0.4 is 10.1 Å². The lowest BCUT2D eigenvalue weighted by Gasteiger charge is -2.14. The molecule has 218 valence electrons. The Balaban J connectivity index is 1.21. The Kier molecular flexibility index (Phi) is 9.64. The number of nitrogens with zero attached hydrogens (tertiary/aromatic N) is 1. The van der Waals surface area contributed by atoms with Gasteiger partial charge in [0.05, 0.1) is 12.3 Å². The van der Waals surface area contributed by atoms with Crippen molar-refractivity contribution in [1.82, 2.24) is 10.3 Å². The molecule has 5 aromatic rings. The van der Waals surface area contributed by atoms with Crippen LogP contribution in [0.1, 0.15) is 50.5 Å². The van der Waals surface area contributed by atoms with Gasteiger partial charge in [-0.2, -0.15) is 0 Å². The van der Waals surface area contributed by atoms with Gasteiger partial charge in [0.15, 0.2) is 0 Å². The molecule has 2 N–H and O–H groups in total. The zero-order valence-corrected chi connectivity index (χ0v) is 24.1. The molecule has 4 aromatic carbocycles. The second-order valence-electron chi connectivity index (χ2n) is 10.4.